The van der Waals surface area contributed by atoms with Crippen LogP contribution in [0.5, 0.6) is 0 Å². The molecule has 14 aromatic rings. The molecule has 0 amide bonds. The van der Waals surface area contributed by atoms with Crippen LogP contribution in [0.3, 0.4) is 0 Å². The van der Waals surface area contributed by atoms with E-state index in [2.05, 4.69) is 154 Å². The Morgan fingerprint density at radius 1 is 0.442 bits per heavy atom. The number of ketones is 2. The molecule has 0 bridgehead atoms. The number of carbonyl (C=O) groups excluding carboxylic acids is 2. The number of thiophene rings is 4. The van der Waals surface area contributed by atoms with Crippen LogP contribution in [0.1, 0.15) is 246 Å². The fourth-order valence-corrected chi connectivity index (χ4v) is 24.8. The summed E-state index contributed by atoms with van der Waals surface area (Å²) in [5.74, 6) is -0.310. The van der Waals surface area contributed by atoms with Crippen molar-refractivity contribution in [2.75, 3.05) is 0 Å². The average Bonchev–Trinajstić information content (AvgIpc) is 1.49. The molecule has 4 aliphatic carbocycles. The first-order valence-corrected chi connectivity index (χ1v) is 44.3. The van der Waals surface area contributed by atoms with Crippen molar-refractivity contribution in [3.63, 3.8) is 0 Å². The number of aromatic nitrogens is 4. The molecule has 0 radical (unpaired) electrons. The summed E-state index contributed by atoms with van der Waals surface area (Å²) in [6, 6.07) is 62.1. The molecule has 558 valence electrons. The van der Waals surface area contributed by atoms with Crippen LogP contribution in [0.2, 0.25) is 0 Å². The molecule has 0 N–H and O–H groups in total. The largest absolute Gasteiger partial charge is 0.289 e. The Balaban J connectivity index is 0.957. The molecule has 0 spiro atoms. The highest BCUT2D eigenvalue weighted by atomic mass is 32.1. The van der Waals surface area contributed by atoms with Gasteiger partial charge in [0.1, 0.15) is 16.6 Å². The number of carbonyl (C=O) groups is 2. The summed E-state index contributed by atoms with van der Waals surface area (Å²) in [5, 5.41) is 35.3. The van der Waals surface area contributed by atoms with E-state index in [1.54, 1.807) is 51.4 Å². The topological polar surface area (TPSA) is 151 Å². The number of nitrogens with zero attached hydrogens (tertiary/aromatic N) is 7. The Labute approximate surface area is 679 Å². The van der Waals surface area contributed by atoms with E-state index in [0.29, 0.717) is 55.6 Å². The van der Waals surface area contributed by atoms with E-state index in [-0.39, 0.29) is 17.3 Å². The predicted molar refractivity (Wildman–Crippen MR) is 468 cm³/mol. The maximum Gasteiger partial charge on any atom is 0.270 e. The lowest BCUT2D eigenvalue weighted by atomic mass is 9.66. The maximum atomic E-state index is 14.9. The number of fused-ring (bicyclic) bond motifs is 21. The zero-order valence-electron chi connectivity index (χ0n) is 64.2. The number of benzene rings is 8. The average molecular weight is 1570 g/mol. The number of Topliss-reactive ketones (excluding diaryl/α,β-unsaturated/α-hetero) is 2. The summed E-state index contributed by atoms with van der Waals surface area (Å²) in [5.41, 5.74) is 19.6. The zero-order valence-corrected chi connectivity index (χ0v) is 68.3. The van der Waals surface area contributed by atoms with Crippen LogP contribution in [-0.4, -0.2) is 30.6 Å². The Bertz CT molecular complexity index is 6330. The van der Waals surface area contributed by atoms with Crippen LogP contribution in [0.25, 0.3) is 101 Å². The molecular weight excluding hydrogens is 1480 g/mol. The van der Waals surface area contributed by atoms with Crippen LogP contribution in [-0.2, 0) is 36.5 Å². The highest BCUT2D eigenvalue weighted by molar-refractivity contribution is 7.29. The Morgan fingerprint density at radius 2 is 0.823 bits per heavy atom. The van der Waals surface area contributed by atoms with Crippen LogP contribution in [0, 0.1) is 29.2 Å². The molecule has 15 heteroatoms. The molecule has 4 aliphatic rings. The van der Waals surface area contributed by atoms with Crippen molar-refractivity contribution in [2.45, 2.75) is 174 Å². The molecule has 8 aromatic carbocycles. The van der Waals surface area contributed by atoms with Gasteiger partial charge in [-0.25, -0.2) is 14.7 Å². The Hall–Kier alpha value is -10.7. The summed E-state index contributed by atoms with van der Waals surface area (Å²) in [6.07, 6.45) is 26.3. The second-order valence-electron chi connectivity index (χ2n) is 30.9. The van der Waals surface area contributed by atoms with Gasteiger partial charge in [0.15, 0.2) is 17.1 Å². The SMILES string of the molecule is [C-]#[N+]C(C#N)=C1/C(=C/c2cc3c(s2)-c2sc4c5nonc5c5c6c7c(sc6c6nsnc6c5c4c2C3(c2ccc(CCCCCC)cc2)c2ccc(CCCCCC)cc2)-c2sc(/C=C3\C(=O)c4ccccc4\C3=C(/C)C#N)cc2C7(c2ccc(CCCCCC)cc2)c2ccc(CCCCCC)cc2)C(=O)c2ccccc21. The lowest BCUT2D eigenvalue weighted by Crippen LogP contribution is -2.28. The number of rotatable bonds is 26. The minimum absolute atomic E-state index is 0.0922. The number of nitriles is 2. The molecule has 6 aromatic heterocycles. The van der Waals surface area contributed by atoms with E-state index in [9.17, 15) is 20.1 Å². The smallest absolute Gasteiger partial charge is 0.270 e. The van der Waals surface area contributed by atoms with E-state index in [1.165, 1.54) is 72.5 Å². The third-order valence-corrected chi connectivity index (χ3v) is 29.6. The monoisotopic (exact) mass is 1570 g/mol. The van der Waals surface area contributed by atoms with Crippen molar-refractivity contribution in [3.8, 4) is 31.6 Å². The van der Waals surface area contributed by atoms with Crippen molar-refractivity contribution in [3.05, 3.63) is 290 Å². The van der Waals surface area contributed by atoms with Crippen LogP contribution < -0.4 is 0 Å². The first-order chi connectivity index (χ1) is 55.5. The summed E-state index contributed by atoms with van der Waals surface area (Å²) in [4.78, 5) is 39.6. The van der Waals surface area contributed by atoms with Crippen molar-refractivity contribution < 1.29 is 14.2 Å². The van der Waals surface area contributed by atoms with E-state index in [1.807, 2.05) is 61.5 Å². The first kappa shape index (κ1) is 73.8. The highest BCUT2D eigenvalue weighted by Crippen LogP contribution is 2.69. The van der Waals surface area contributed by atoms with Crippen molar-refractivity contribution in [1.29, 1.82) is 10.5 Å². The van der Waals surface area contributed by atoms with Gasteiger partial charge in [0.05, 0.1) is 70.2 Å². The van der Waals surface area contributed by atoms with Gasteiger partial charge in [-0.05, 0) is 171 Å². The normalized spacial score (nSPS) is 15.9. The fraction of sp³-hybridized carbons (Fsp3) is 0.276. The van der Waals surface area contributed by atoms with Crippen LogP contribution in [0.15, 0.2) is 185 Å². The number of hydrogen-bond donors (Lipinski definition) is 0. The van der Waals surface area contributed by atoms with Crippen LogP contribution in [0.4, 0.5) is 0 Å². The summed E-state index contributed by atoms with van der Waals surface area (Å²) < 4.78 is 19.2. The second-order valence-corrected chi connectivity index (χ2v) is 35.7. The molecule has 18 rings (SSSR count). The number of hydrogen-bond acceptors (Lipinski definition) is 14. The van der Waals surface area contributed by atoms with E-state index < -0.39 is 10.8 Å². The fourth-order valence-electron chi connectivity index (χ4n) is 18.8. The zero-order chi connectivity index (χ0) is 77.2. The minimum atomic E-state index is -1.01. The van der Waals surface area contributed by atoms with Gasteiger partial charge >= 0.3 is 0 Å². The molecule has 0 unspecified atom stereocenters. The molecular formula is C98H83N7O3S5. The molecule has 0 aliphatic heterocycles. The molecule has 0 saturated heterocycles. The third kappa shape index (κ3) is 11.9. The predicted octanol–water partition coefficient (Wildman–Crippen LogP) is 27.2. The molecule has 0 saturated carbocycles. The quantitative estimate of drug-likeness (QED) is 0.0223. The minimum Gasteiger partial charge on any atom is -0.289 e. The first-order valence-electron chi connectivity index (χ1n) is 40.3. The van der Waals surface area contributed by atoms with Gasteiger partial charge in [-0.2, -0.15) is 14.0 Å². The van der Waals surface area contributed by atoms with Gasteiger partial charge in [0, 0.05) is 70.3 Å². The summed E-state index contributed by atoms with van der Waals surface area (Å²) >= 11 is 8.03. The third-order valence-electron chi connectivity index (χ3n) is 24.2. The maximum absolute atomic E-state index is 14.9. The van der Waals surface area contributed by atoms with Crippen LogP contribution >= 0.6 is 57.1 Å². The highest BCUT2D eigenvalue weighted by Gasteiger charge is 2.54. The number of aryl methyl sites for hydroxylation is 4. The van der Waals surface area contributed by atoms with E-state index in [0.717, 1.165) is 211 Å². The lowest BCUT2D eigenvalue weighted by Gasteiger charge is -2.34. The van der Waals surface area contributed by atoms with E-state index >= 15 is 0 Å². The molecule has 113 heavy (non-hydrogen) atoms. The van der Waals surface area contributed by atoms with Gasteiger partial charge in [-0.15, -0.1) is 45.3 Å². The van der Waals surface area contributed by atoms with Gasteiger partial charge < -0.3 is 0 Å². The molecule has 6 heterocycles. The number of unbranched alkanes of at least 4 members (excludes halogenated alkanes) is 12. The Morgan fingerprint density at radius 3 is 1.23 bits per heavy atom. The molecule has 0 fully saturated rings. The van der Waals surface area contributed by atoms with Crippen molar-refractivity contribution in [2.24, 2.45) is 0 Å². The standard InChI is InChI=1S/C98H83N7O3S5/c1-7-11-15-19-27-58-35-43-62(44-36-58)97(63-45-37-59(38-46-63)28-20-16-12-8-2)74-53-66(51-72-77(57(5)55-99)68-31-23-25-33-70(68)89(72)106)109-92(74)96-83(97)81-79-80(86-88(94(81)112-96)105-113-104-86)82-84-95(111-93(82)87-85(79)102-108-103-87)91-75(54-67(110-91)52-73-78(76(56-100)101-6)69-32-24-26-34-71(69)90(73)107)98(84,64-47-39-60(40-48-64)29-21-17-13-9-3)65-49-41-61(42-50-65)30-22-18-14-10-4/h23-26,31-54H,7-22,27-30H2,1-5H3/b72-51-,73-52-,77-57-,78-76?. The molecule has 0 atom stereocenters. The van der Waals surface area contributed by atoms with Crippen molar-refractivity contribution >= 4 is 145 Å². The Kier molecular flexibility index (Phi) is 20.0. The second kappa shape index (κ2) is 30.7. The van der Waals surface area contributed by atoms with Gasteiger partial charge in [0.2, 0.25) is 0 Å². The number of allylic oxidation sites excluding steroid dienone is 6. The summed E-state index contributed by atoms with van der Waals surface area (Å²) in [7, 11) is 0. The van der Waals surface area contributed by atoms with Gasteiger partial charge in [-0.1, -0.05) is 250 Å². The van der Waals surface area contributed by atoms with Gasteiger partial charge in [0.25, 0.3) is 5.70 Å². The molecule has 10 nitrogen and oxygen atoms in total. The van der Waals surface area contributed by atoms with E-state index in [4.69, 9.17) is 30.3 Å². The summed E-state index contributed by atoms with van der Waals surface area (Å²) in [6.45, 7) is 19.1. The lowest BCUT2D eigenvalue weighted by molar-refractivity contribution is 0.103. The van der Waals surface area contributed by atoms with Crippen molar-refractivity contribution in [1.82, 2.24) is 19.1 Å². The van der Waals surface area contributed by atoms with Gasteiger partial charge in [-0.3, -0.25) is 9.59 Å².